The average molecular weight is 279 g/mol. The zero-order valence-corrected chi connectivity index (χ0v) is 11.9. The molecule has 0 radical (unpaired) electrons. The Kier molecular flexibility index (Phi) is 4.23. The summed E-state index contributed by atoms with van der Waals surface area (Å²) in [5.41, 5.74) is -0.242. The van der Waals surface area contributed by atoms with Crippen molar-refractivity contribution in [2.75, 3.05) is 11.9 Å². The molecule has 0 aromatic carbocycles. The molecule has 1 aromatic heterocycles. The molecule has 1 aromatic rings. The summed E-state index contributed by atoms with van der Waals surface area (Å²) in [6.07, 6.45) is 5.11. The molecule has 0 saturated heterocycles. The molecule has 2 N–H and O–H groups in total. The Morgan fingerprint density at radius 1 is 1.65 bits per heavy atom. The van der Waals surface area contributed by atoms with E-state index in [2.05, 4.69) is 17.2 Å². The van der Waals surface area contributed by atoms with Gasteiger partial charge in [-0.1, -0.05) is 19.8 Å². The summed E-state index contributed by atoms with van der Waals surface area (Å²) in [5, 5.41) is 24.6. The van der Waals surface area contributed by atoms with Crippen molar-refractivity contribution >= 4 is 11.5 Å². The fourth-order valence-corrected chi connectivity index (χ4v) is 2.95. The predicted octanol–water partition coefficient (Wildman–Crippen LogP) is 2.65. The van der Waals surface area contributed by atoms with E-state index in [0.717, 1.165) is 25.7 Å². The zero-order chi connectivity index (χ0) is 14.8. The molecular formula is C14H21N3O3. The number of nitro groups is 1. The number of aromatic nitrogens is 1. The van der Waals surface area contributed by atoms with Gasteiger partial charge in [0, 0.05) is 18.3 Å². The fraction of sp³-hybridized carbons (Fsp3) is 0.643. The second kappa shape index (κ2) is 5.75. The Morgan fingerprint density at radius 2 is 2.40 bits per heavy atom. The predicted molar refractivity (Wildman–Crippen MR) is 76.7 cm³/mol. The molecule has 1 aliphatic rings. The van der Waals surface area contributed by atoms with Gasteiger partial charge in [0.15, 0.2) is 0 Å². The number of rotatable bonds is 4. The molecule has 1 aliphatic carbocycles. The van der Waals surface area contributed by atoms with E-state index >= 15 is 0 Å². The van der Waals surface area contributed by atoms with Gasteiger partial charge >= 0.3 is 5.69 Å². The van der Waals surface area contributed by atoms with E-state index in [1.807, 2.05) is 0 Å². The molecular weight excluding hydrogens is 258 g/mol. The van der Waals surface area contributed by atoms with Gasteiger partial charge in [0.2, 0.25) is 5.82 Å². The van der Waals surface area contributed by atoms with E-state index in [4.69, 9.17) is 0 Å². The maximum Gasteiger partial charge on any atom is 0.314 e. The van der Waals surface area contributed by atoms with Crippen LogP contribution < -0.4 is 5.32 Å². The number of hydrogen-bond acceptors (Lipinski definition) is 5. The van der Waals surface area contributed by atoms with Crippen LogP contribution in [0.15, 0.2) is 12.3 Å². The minimum atomic E-state index is -0.795. The summed E-state index contributed by atoms with van der Waals surface area (Å²) in [6, 6.07) is 1.61. The minimum Gasteiger partial charge on any atom is -0.388 e. The van der Waals surface area contributed by atoms with Crippen LogP contribution in [0.3, 0.4) is 0 Å². The van der Waals surface area contributed by atoms with Crippen LogP contribution in [-0.2, 0) is 0 Å². The highest BCUT2D eigenvalue weighted by Gasteiger charge is 2.33. The number of aliphatic hydroxyl groups is 1. The van der Waals surface area contributed by atoms with Crippen LogP contribution in [0.5, 0.6) is 0 Å². The molecule has 0 amide bonds. The highest BCUT2D eigenvalue weighted by atomic mass is 16.6. The van der Waals surface area contributed by atoms with Gasteiger partial charge < -0.3 is 10.4 Å². The monoisotopic (exact) mass is 279 g/mol. The molecule has 2 atom stereocenters. The Balaban J connectivity index is 2.11. The van der Waals surface area contributed by atoms with Crippen LogP contribution in [0.1, 0.15) is 38.2 Å². The van der Waals surface area contributed by atoms with Crippen molar-refractivity contribution in [3.05, 3.63) is 27.9 Å². The molecule has 6 heteroatoms. The number of nitrogens with zero attached hydrogens (tertiary/aromatic N) is 2. The Morgan fingerprint density at radius 3 is 3.05 bits per heavy atom. The first-order chi connectivity index (χ1) is 9.41. The molecule has 2 unspecified atom stereocenters. The summed E-state index contributed by atoms with van der Waals surface area (Å²) >= 11 is 0. The molecule has 1 heterocycles. The quantitative estimate of drug-likeness (QED) is 0.653. The lowest BCUT2D eigenvalue weighted by Crippen LogP contribution is -2.41. The first-order valence-corrected chi connectivity index (χ1v) is 6.97. The molecule has 0 bridgehead atoms. The molecule has 0 spiro atoms. The molecule has 1 fully saturated rings. The van der Waals surface area contributed by atoms with Gasteiger partial charge in [-0.2, -0.15) is 0 Å². The number of anilines is 1. The zero-order valence-electron chi connectivity index (χ0n) is 11.9. The standard InChI is InChI=1S/C14H21N3O3/c1-10-4-3-6-14(18,8-10)9-16-13-12(17(19)20)11(2)5-7-15-13/h5,7,10,18H,3-4,6,8-9H2,1-2H3,(H,15,16). The van der Waals surface area contributed by atoms with E-state index < -0.39 is 10.5 Å². The van der Waals surface area contributed by atoms with E-state index in [0.29, 0.717) is 18.0 Å². The van der Waals surface area contributed by atoms with Crippen molar-refractivity contribution < 1.29 is 10.0 Å². The maximum absolute atomic E-state index is 11.1. The van der Waals surface area contributed by atoms with Crippen molar-refractivity contribution in [3.63, 3.8) is 0 Å². The van der Waals surface area contributed by atoms with Gasteiger partial charge in [0.1, 0.15) is 0 Å². The lowest BCUT2D eigenvalue weighted by molar-refractivity contribution is -0.384. The van der Waals surface area contributed by atoms with Gasteiger partial charge in [-0.3, -0.25) is 10.1 Å². The van der Waals surface area contributed by atoms with Gasteiger partial charge in [-0.25, -0.2) is 4.98 Å². The Hall–Kier alpha value is -1.69. The molecule has 2 rings (SSSR count). The average Bonchev–Trinajstić information content (AvgIpc) is 2.35. The second-order valence-electron chi connectivity index (χ2n) is 5.86. The van der Waals surface area contributed by atoms with Crippen molar-refractivity contribution in [3.8, 4) is 0 Å². The fourth-order valence-electron chi connectivity index (χ4n) is 2.95. The first-order valence-electron chi connectivity index (χ1n) is 6.97. The summed E-state index contributed by atoms with van der Waals surface area (Å²) in [6.45, 7) is 4.11. The molecule has 110 valence electrons. The third-order valence-corrected chi connectivity index (χ3v) is 3.96. The van der Waals surface area contributed by atoms with Gasteiger partial charge in [-0.15, -0.1) is 0 Å². The lowest BCUT2D eigenvalue weighted by atomic mass is 9.79. The van der Waals surface area contributed by atoms with E-state index in [9.17, 15) is 15.2 Å². The Bertz CT molecular complexity index is 506. The SMILES string of the molecule is Cc1ccnc(NCC2(O)CCCC(C)C2)c1[N+](=O)[O-]. The maximum atomic E-state index is 11.1. The summed E-state index contributed by atoms with van der Waals surface area (Å²) < 4.78 is 0. The van der Waals surface area contributed by atoms with Gasteiger partial charge in [0.05, 0.1) is 10.5 Å². The summed E-state index contributed by atoms with van der Waals surface area (Å²) in [7, 11) is 0. The first kappa shape index (κ1) is 14.7. The normalized spacial score (nSPS) is 26.2. The third kappa shape index (κ3) is 3.25. The smallest absolute Gasteiger partial charge is 0.314 e. The molecule has 1 saturated carbocycles. The summed E-state index contributed by atoms with van der Waals surface area (Å²) in [4.78, 5) is 14.7. The topological polar surface area (TPSA) is 88.3 Å². The van der Waals surface area contributed by atoms with Crippen molar-refractivity contribution in [1.82, 2.24) is 4.98 Å². The van der Waals surface area contributed by atoms with Crippen LogP contribution in [-0.4, -0.2) is 27.2 Å². The van der Waals surface area contributed by atoms with Crippen LogP contribution in [0.4, 0.5) is 11.5 Å². The molecule has 0 aliphatic heterocycles. The molecule has 6 nitrogen and oxygen atoms in total. The van der Waals surface area contributed by atoms with Crippen LogP contribution >= 0.6 is 0 Å². The van der Waals surface area contributed by atoms with Crippen molar-refractivity contribution in [2.24, 2.45) is 5.92 Å². The molecule has 20 heavy (non-hydrogen) atoms. The second-order valence-corrected chi connectivity index (χ2v) is 5.86. The van der Waals surface area contributed by atoms with Crippen LogP contribution in [0.25, 0.3) is 0 Å². The number of aryl methyl sites for hydroxylation is 1. The Labute approximate surface area is 118 Å². The van der Waals surface area contributed by atoms with Gasteiger partial charge in [0.25, 0.3) is 0 Å². The highest BCUT2D eigenvalue weighted by Crippen LogP contribution is 2.33. The van der Waals surface area contributed by atoms with E-state index in [1.165, 1.54) is 6.20 Å². The number of pyridine rings is 1. The van der Waals surface area contributed by atoms with E-state index in [-0.39, 0.29) is 11.5 Å². The van der Waals surface area contributed by atoms with Gasteiger partial charge in [-0.05, 0) is 31.7 Å². The van der Waals surface area contributed by atoms with Crippen molar-refractivity contribution in [2.45, 2.75) is 45.1 Å². The lowest BCUT2D eigenvalue weighted by Gasteiger charge is -2.35. The highest BCUT2D eigenvalue weighted by molar-refractivity contribution is 5.59. The number of nitrogens with one attached hydrogen (secondary N) is 1. The number of hydrogen-bond donors (Lipinski definition) is 2. The van der Waals surface area contributed by atoms with Crippen LogP contribution in [0.2, 0.25) is 0 Å². The third-order valence-electron chi connectivity index (χ3n) is 3.96. The minimum absolute atomic E-state index is 0.0139. The van der Waals surface area contributed by atoms with E-state index in [1.54, 1.807) is 13.0 Å². The van der Waals surface area contributed by atoms with Crippen molar-refractivity contribution in [1.29, 1.82) is 0 Å². The summed E-state index contributed by atoms with van der Waals surface area (Å²) in [5.74, 6) is 0.720. The largest absolute Gasteiger partial charge is 0.388 e. The van der Waals surface area contributed by atoms with Crippen LogP contribution in [0, 0.1) is 23.0 Å².